The van der Waals surface area contributed by atoms with Gasteiger partial charge in [0.05, 0.1) is 0 Å². The first-order valence-corrected chi connectivity index (χ1v) is 7.10. The van der Waals surface area contributed by atoms with E-state index in [0.29, 0.717) is 12.0 Å². The Morgan fingerprint density at radius 2 is 2.00 bits per heavy atom. The van der Waals surface area contributed by atoms with E-state index < -0.39 is 0 Å². The summed E-state index contributed by atoms with van der Waals surface area (Å²) in [5.74, 6) is 0.708. The van der Waals surface area contributed by atoms with Crippen LogP contribution in [0, 0.1) is 19.8 Å². The molecular weight excluding hydrogens is 222 g/mol. The van der Waals surface area contributed by atoms with Crippen LogP contribution < -0.4 is 5.32 Å². The number of hydrogen-bond donors (Lipinski definition) is 1. The van der Waals surface area contributed by atoms with Gasteiger partial charge in [-0.3, -0.25) is 0 Å². The molecule has 1 aromatic carbocycles. The summed E-state index contributed by atoms with van der Waals surface area (Å²) in [4.78, 5) is 0. The molecule has 1 heterocycles. The predicted molar refractivity (Wildman–Crippen MR) is 75.9 cm³/mol. The van der Waals surface area contributed by atoms with Gasteiger partial charge >= 0.3 is 0 Å². The molecule has 0 spiro atoms. The summed E-state index contributed by atoms with van der Waals surface area (Å²) >= 11 is 0. The Morgan fingerprint density at radius 1 is 1.28 bits per heavy atom. The molecule has 18 heavy (non-hydrogen) atoms. The Bertz CT molecular complexity index is 383. The van der Waals surface area contributed by atoms with E-state index in [0.717, 1.165) is 19.8 Å². The maximum atomic E-state index is 5.49. The van der Waals surface area contributed by atoms with Crippen molar-refractivity contribution in [3.05, 3.63) is 34.9 Å². The summed E-state index contributed by atoms with van der Waals surface area (Å²) in [5.41, 5.74) is 4.22. The largest absolute Gasteiger partial charge is 0.381 e. The second-order valence-corrected chi connectivity index (χ2v) is 5.35. The molecule has 2 heteroatoms. The molecule has 1 saturated heterocycles. The molecule has 1 aliphatic heterocycles. The minimum atomic E-state index is 0.486. The minimum absolute atomic E-state index is 0.486. The summed E-state index contributed by atoms with van der Waals surface area (Å²) in [6, 6.07) is 7.30. The number of nitrogens with one attached hydrogen (secondary N) is 1. The molecule has 1 aliphatic rings. The third-order valence-corrected chi connectivity index (χ3v) is 3.92. The summed E-state index contributed by atoms with van der Waals surface area (Å²) in [6.45, 7) is 9.43. The highest BCUT2D eigenvalue weighted by Crippen LogP contribution is 2.32. The van der Waals surface area contributed by atoms with Crippen molar-refractivity contribution in [3.63, 3.8) is 0 Å². The number of ether oxygens (including phenoxy) is 1. The molecule has 1 fully saturated rings. The molecule has 0 amide bonds. The minimum Gasteiger partial charge on any atom is -0.381 e. The van der Waals surface area contributed by atoms with E-state index >= 15 is 0 Å². The first-order chi connectivity index (χ1) is 8.72. The third-order valence-electron chi connectivity index (χ3n) is 3.92. The summed E-state index contributed by atoms with van der Waals surface area (Å²) in [6.07, 6.45) is 2.34. The van der Waals surface area contributed by atoms with E-state index in [4.69, 9.17) is 4.74 Å². The topological polar surface area (TPSA) is 21.3 Å². The molecule has 0 bridgehead atoms. The molecule has 1 unspecified atom stereocenters. The molecule has 0 aliphatic carbocycles. The Hall–Kier alpha value is -0.860. The van der Waals surface area contributed by atoms with Crippen LogP contribution in [-0.4, -0.2) is 19.8 Å². The molecule has 100 valence electrons. The van der Waals surface area contributed by atoms with Crippen molar-refractivity contribution in [1.29, 1.82) is 0 Å². The molecule has 1 N–H and O–H groups in total. The van der Waals surface area contributed by atoms with E-state index in [-0.39, 0.29) is 0 Å². The summed E-state index contributed by atoms with van der Waals surface area (Å²) in [7, 11) is 0. The fourth-order valence-corrected chi connectivity index (χ4v) is 2.97. The molecule has 0 aromatic heterocycles. The van der Waals surface area contributed by atoms with Crippen molar-refractivity contribution in [2.75, 3.05) is 19.8 Å². The van der Waals surface area contributed by atoms with Gasteiger partial charge in [-0.1, -0.05) is 30.7 Å². The molecule has 2 nitrogen and oxygen atoms in total. The quantitative estimate of drug-likeness (QED) is 0.880. The van der Waals surface area contributed by atoms with Crippen LogP contribution in [0.1, 0.15) is 42.5 Å². The van der Waals surface area contributed by atoms with Gasteiger partial charge < -0.3 is 10.1 Å². The summed E-state index contributed by atoms with van der Waals surface area (Å²) < 4.78 is 5.49. The number of benzene rings is 1. The van der Waals surface area contributed by atoms with Crippen molar-refractivity contribution in [2.45, 2.75) is 39.7 Å². The van der Waals surface area contributed by atoms with Crippen molar-refractivity contribution in [2.24, 2.45) is 5.92 Å². The Morgan fingerprint density at radius 3 is 2.61 bits per heavy atom. The highest BCUT2D eigenvalue weighted by Gasteiger charge is 2.25. The monoisotopic (exact) mass is 247 g/mol. The van der Waals surface area contributed by atoms with Crippen LogP contribution in [-0.2, 0) is 4.74 Å². The van der Waals surface area contributed by atoms with Crippen molar-refractivity contribution >= 4 is 0 Å². The van der Waals surface area contributed by atoms with E-state index in [2.05, 4.69) is 44.3 Å². The predicted octanol–water partition coefficient (Wildman–Crippen LogP) is 3.38. The van der Waals surface area contributed by atoms with E-state index in [1.165, 1.54) is 29.5 Å². The molecule has 1 atom stereocenters. The third kappa shape index (κ3) is 3.12. The van der Waals surface area contributed by atoms with Gasteiger partial charge in [-0.05, 0) is 50.3 Å². The Kier molecular flexibility index (Phi) is 4.79. The van der Waals surface area contributed by atoms with E-state index in [1.807, 2.05) is 0 Å². The zero-order chi connectivity index (χ0) is 13.0. The number of aryl methyl sites for hydroxylation is 2. The van der Waals surface area contributed by atoms with Gasteiger partial charge in [0.15, 0.2) is 0 Å². The standard InChI is InChI=1S/C16H25NO/c1-4-17-16(14-7-9-18-10-8-14)15-6-5-12(2)11-13(15)3/h5-6,11,14,16-17H,4,7-10H2,1-3H3. The zero-order valence-corrected chi connectivity index (χ0v) is 11.8. The molecule has 0 radical (unpaired) electrons. The van der Waals surface area contributed by atoms with Crippen LogP contribution in [0.3, 0.4) is 0 Å². The van der Waals surface area contributed by atoms with Crippen molar-refractivity contribution < 1.29 is 4.74 Å². The maximum Gasteiger partial charge on any atom is 0.0469 e. The lowest BCUT2D eigenvalue weighted by Crippen LogP contribution is -2.32. The fraction of sp³-hybridized carbons (Fsp3) is 0.625. The zero-order valence-electron chi connectivity index (χ0n) is 11.8. The normalized spacial score (nSPS) is 18.8. The van der Waals surface area contributed by atoms with Crippen LogP contribution in [0.15, 0.2) is 18.2 Å². The van der Waals surface area contributed by atoms with Gasteiger partial charge in [0.2, 0.25) is 0 Å². The average Bonchev–Trinajstić information content (AvgIpc) is 2.38. The van der Waals surface area contributed by atoms with Gasteiger partial charge in [-0.2, -0.15) is 0 Å². The average molecular weight is 247 g/mol. The molecule has 2 rings (SSSR count). The van der Waals surface area contributed by atoms with E-state index in [1.54, 1.807) is 0 Å². The van der Waals surface area contributed by atoms with Crippen LogP contribution in [0.4, 0.5) is 0 Å². The van der Waals surface area contributed by atoms with Crippen LogP contribution in [0.2, 0.25) is 0 Å². The number of rotatable bonds is 4. The first kappa shape index (κ1) is 13.6. The smallest absolute Gasteiger partial charge is 0.0469 e. The first-order valence-electron chi connectivity index (χ1n) is 7.10. The number of hydrogen-bond acceptors (Lipinski definition) is 2. The lowest BCUT2D eigenvalue weighted by atomic mass is 9.85. The van der Waals surface area contributed by atoms with Crippen LogP contribution >= 0.6 is 0 Å². The molecule has 1 aromatic rings. The Labute approximate surface area is 111 Å². The van der Waals surface area contributed by atoms with Crippen LogP contribution in [0.5, 0.6) is 0 Å². The highest BCUT2D eigenvalue weighted by molar-refractivity contribution is 5.33. The van der Waals surface area contributed by atoms with Crippen LogP contribution in [0.25, 0.3) is 0 Å². The van der Waals surface area contributed by atoms with Gasteiger partial charge in [0, 0.05) is 19.3 Å². The SMILES string of the molecule is CCNC(c1ccc(C)cc1C)C1CCOCC1. The van der Waals surface area contributed by atoms with Crippen molar-refractivity contribution in [1.82, 2.24) is 5.32 Å². The van der Waals surface area contributed by atoms with Gasteiger partial charge in [0.25, 0.3) is 0 Å². The Balaban J connectivity index is 2.22. The maximum absolute atomic E-state index is 5.49. The molecule has 0 saturated carbocycles. The second-order valence-electron chi connectivity index (χ2n) is 5.35. The van der Waals surface area contributed by atoms with Crippen molar-refractivity contribution in [3.8, 4) is 0 Å². The summed E-state index contributed by atoms with van der Waals surface area (Å²) in [5, 5.41) is 3.67. The lowest BCUT2D eigenvalue weighted by molar-refractivity contribution is 0.0537. The highest BCUT2D eigenvalue weighted by atomic mass is 16.5. The lowest BCUT2D eigenvalue weighted by Gasteiger charge is -2.32. The van der Waals surface area contributed by atoms with Gasteiger partial charge in [0.1, 0.15) is 0 Å². The van der Waals surface area contributed by atoms with Gasteiger partial charge in [-0.15, -0.1) is 0 Å². The fourth-order valence-electron chi connectivity index (χ4n) is 2.97. The molecular formula is C16H25NO. The second kappa shape index (κ2) is 6.35. The van der Waals surface area contributed by atoms with E-state index in [9.17, 15) is 0 Å². The van der Waals surface area contributed by atoms with Gasteiger partial charge in [-0.25, -0.2) is 0 Å².